The van der Waals surface area contributed by atoms with Crippen LogP contribution < -0.4 is 11.1 Å². The van der Waals surface area contributed by atoms with Crippen LogP contribution in [0.4, 0.5) is 5.69 Å². The number of nitrogens with one attached hydrogen (secondary N) is 1. The van der Waals surface area contributed by atoms with Crippen LogP contribution in [0.1, 0.15) is 46.8 Å². The lowest BCUT2D eigenvalue weighted by atomic mass is 9.98. The molecule has 0 spiro atoms. The summed E-state index contributed by atoms with van der Waals surface area (Å²) in [5.41, 5.74) is 10.4. The summed E-state index contributed by atoms with van der Waals surface area (Å²) < 4.78 is 0. The molecule has 2 aromatic carbocycles. The highest BCUT2D eigenvalue weighted by atomic mass is 35.5. The number of benzene rings is 2. The maximum atomic E-state index is 12.4. The van der Waals surface area contributed by atoms with Crippen molar-refractivity contribution in [1.82, 2.24) is 10.2 Å². The molecule has 0 radical (unpaired) electrons. The summed E-state index contributed by atoms with van der Waals surface area (Å²) in [7, 11) is 0. The van der Waals surface area contributed by atoms with Crippen LogP contribution in [0.5, 0.6) is 0 Å². The summed E-state index contributed by atoms with van der Waals surface area (Å²) in [5, 5.41) is 3.01. The molecule has 154 valence electrons. The van der Waals surface area contributed by atoms with Gasteiger partial charge >= 0.3 is 0 Å². The van der Waals surface area contributed by atoms with Crippen LogP contribution in [0.2, 0.25) is 0 Å². The third-order valence-electron chi connectivity index (χ3n) is 5.23. The van der Waals surface area contributed by atoms with Gasteiger partial charge in [0.05, 0.1) is 0 Å². The molecule has 0 atom stereocenters. The number of aryl methyl sites for hydroxylation is 1. The van der Waals surface area contributed by atoms with E-state index in [0.717, 1.165) is 23.6 Å². The molecule has 3 N–H and O–H groups in total. The number of nitrogens with zero attached hydrogens (tertiary/aromatic N) is 1. The topological polar surface area (TPSA) is 58.4 Å². The normalized spacial score (nSPS) is 14.6. The molecule has 6 heteroatoms. The number of carbonyl (C=O) groups is 1. The Bertz CT molecular complexity index is 774. The van der Waals surface area contributed by atoms with Crippen molar-refractivity contribution in [3.63, 3.8) is 0 Å². The second kappa shape index (κ2) is 11.3. The van der Waals surface area contributed by atoms with Gasteiger partial charge in [-0.15, -0.1) is 24.8 Å². The molecule has 1 saturated heterocycles. The predicted molar refractivity (Wildman–Crippen MR) is 121 cm³/mol. The number of nitrogens with two attached hydrogens (primary N) is 1. The largest absolute Gasteiger partial charge is 0.399 e. The highest BCUT2D eigenvalue weighted by Crippen LogP contribution is 2.18. The maximum Gasteiger partial charge on any atom is 0.251 e. The van der Waals surface area contributed by atoms with Crippen molar-refractivity contribution >= 4 is 36.4 Å². The van der Waals surface area contributed by atoms with Crippen molar-refractivity contribution in [2.24, 2.45) is 5.92 Å². The van der Waals surface area contributed by atoms with E-state index >= 15 is 0 Å². The molecule has 1 amide bonds. The lowest BCUT2D eigenvalue weighted by Gasteiger charge is -2.30. The van der Waals surface area contributed by atoms with Crippen LogP contribution in [0.15, 0.2) is 42.5 Å². The van der Waals surface area contributed by atoms with Gasteiger partial charge in [-0.2, -0.15) is 0 Å². The maximum absolute atomic E-state index is 12.4. The zero-order valence-electron chi connectivity index (χ0n) is 16.6. The van der Waals surface area contributed by atoms with E-state index in [2.05, 4.69) is 41.4 Å². The average molecular weight is 424 g/mol. The summed E-state index contributed by atoms with van der Waals surface area (Å²) >= 11 is 0. The van der Waals surface area contributed by atoms with Gasteiger partial charge in [0.25, 0.3) is 5.91 Å². The number of anilines is 1. The fourth-order valence-corrected chi connectivity index (χ4v) is 3.48. The first-order chi connectivity index (χ1) is 12.5. The monoisotopic (exact) mass is 423 g/mol. The minimum Gasteiger partial charge on any atom is -0.399 e. The zero-order chi connectivity index (χ0) is 18.5. The number of hydrogen-bond donors (Lipinski definition) is 2. The van der Waals surface area contributed by atoms with Gasteiger partial charge in [-0.1, -0.05) is 37.3 Å². The Morgan fingerprint density at radius 2 is 1.79 bits per heavy atom. The van der Waals surface area contributed by atoms with Crippen molar-refractivity contribution in [3.8, 4) is 0 Å². The number of carbonyl (C=O) groups excluding carboxylic acids is 1. The highest BCUT2D eigenvalue weighted by Gasteiger charge is 2.15. The lowest BCUT2D eigenvalue weighted by molar-refractivity contribution is 0.0950. The molecular formula is C22H31Cl2N3O. The van der Waals surface area contributed by atoms with Crippen LogP contribution in [0, 0.1) is 12.8 Å². The van der Waals surface area contributed by atoms with Gasteiger partial charge in [-0.3, -0.25) is 9.69 Å². The van der Waals surface area contributed by atoms with Crippen molar-refractivity contribution in [2.45, 2.75) is 39.8 Å². The SMILES string of the molecule is Cc1ccc(N)cc1C(=O)NCc1cccc(CN2CCC(C)CC2)c1.Cl.Cl. The summed E-state index contributed by atoms with van der Waals surface area (Å²) in [6.45, 7) is 8.13. The number of likely N-dealkylation sites (tertiary alicyclic amines) is 1. The summed E-state index contributed by atoms with van der Waals surface area (Å²) in [5.74, 6) is 0.772. The summed E-state index contributed by atoms with van der Waals surface area (Å²) in [6.07, 6.45) is 2.57. The molecule has 28 heavy (non-hydrogen) atoms. The van der Waals surface area contributed by atoms with E-state index in [-0.39, 0.29) is 30.7 Å². The van der Waals surface area contributed by atoms with Gasteiger partial charge in [0.2, 0.25) is 0 Å². The minimum atomic E-state index is -0.0785. The van der Waals surface area contributed by atoms with Crippen molar-refractivity contribution < 1.29 is 4.79 Å². The van der Waals surface area contributed by atoms with E-state index < -0.39 is 0 Å². The van der Waals surface area contributed by atoms with E-state index in [0.29, 0.717) is 17.8 Å². The van der Waals surface area contributed by atoms with E-state index in [1.807, 2.05) is 19.1 Å². The van der Waals surface area contributed by atoms with Gasteiger partial charge in [0.15, 0.2) is 0 Å². The standard InChI is InChI=1S/C22H29N3O.2ClH/c1-16-8-10-25(11-9-16)15-19-5-3-4-18(12-19)14-24-22(26)21-13-20(23)7-6-17(21)2;;/h3-7,12-13,16H,8-11,14-15,23H2,1-2H3,(H,24,26);2*1H. The molecule has 3 rings (SSSR count). The molecule has 4 nitrogen and oxygen atoms in total. The Balaban J connectivity index is 0.00000196. The number of hydrogen-bond acceptors (Lipinski definition) is 3. The molecule has 1 fully saturated rings. The molecule has 1 heterocycles. The third-order valence-corrected chi connectivity index (χ3v) is 5.23. The third kappa shape index (κ3) is 6.69. The second-order valence-corrected chi connectivity index (χ2v) is 7.54. The van der Waals surface area contributed by atoms with Gasteiger partial charge in [0.1, 0.15) is 0 Å². The van der Waals surface area contributed by atoms with Gasteiger partial charge in [-0.25, -0.2) is 0 Å². The van der Waals surface area contributed by atoms with Crippen LogP contribution in [-0.2, 0) is 13.1 Å². The first kappa shape index (κ1) is 24.3. The van der Waals surface area contributed by atoms with Crippen LogP contribution in [0.3, 0.4) is 0 Å². The van der Waals surface area contributed by atoms with Gasteiger partial charge < -0.3 is 11.1 Å². The van der Waals surface area contributed by atoms with Crippen LogP contribution in [0.25, 0.3) is 0 Å². The molecule has 0 aromatic heterocycles. The highest BCUT2D eigenvalue weighted by molar-refractivity contribution is 5.96. The summed E-state index contributed by atoms with van der Waals surface area (Å²) in [4.78, 5) is 15.0. The van der Waals surface area contributed by atoms with Crippen molar-refractivity contribution in [1.29, 1.82) is 0 Å². The molecule has 1 aliphatic heterocycles. The number of nitrogen functional groups attached to an aromatic ring is 1. The number of piperidine rings is 1. The van der Waals surface area contributed by atoms with E-state index in [4.69, 9.17) is 5.73 Å². The zero-order valence-corrected chi connectivity index (χ0v) is 18.2. The Labute approximate surface area is 180 Å². The first-order valence-corrected chi connectivity index (χ1v) is 9.46. The van der Waals surface area contributed by atoms with Crippen LogP contribution in [-0.4, -0.2) is 23.9 Å². The fraction of sp³-hybridized carbons (Fsp3) is 0.409. The fourth-order valence-electron chi connectivity index (χ4n) is 3.48. The van der Waals surface area contributed by atoms with Crippen molar-refractivity contribution in [2.75, 3.05) is 18.8 Å². The molecular weight excluding hydrogens is 393 g/mol. The van der Waals surface area contributed by atoms with Crippen molar-refractivity contribution in [3.05, 3.63) is 64.7 Å². The molecule has 0 bridgehead atoms. The average Bonchev–Trinajstić information content (AvgIpc) is 2.64. The van der Waals surface area contributed by atoms with E-state index in [9.17, 15) is 4.79 Å². The van der Waals surface area contributed by atoms with Crippen LogP contribution >= 0.6 is 24.8 Å². The molecule has 2 aromatic rings. The number of rotatable bonds is 5. The molecule has 1 aliphatic rings. The van der Waals surface area contributed by atoms with Gasteiger partial charge in [0, 0.05) is 24.3 Å². The Morgan fingerprint density at radius 1 is 1.11 bits per heavy atom. The minimum absolute atomic E-state index is 0. The summed E-state index contributed by atoms with van der Waals surface area (Å²) in [6, 6.07) is 13.9. The Hall–Kier alpha value is -1.75. The molecule has 0 aliphatic carbocycles. The molecule has 0 unspecified atom stereocenters. The Kier molecular flexibility index (Phi) is 9.80. The van der Waals surface area contributed by atoms with Gasteiger partial charge in [-0.05, 0) is 67.6 Å². The van der Waals surface area contributed by atoms with E-state index in [1.54, 1.807) is 6.07 Å². The quantitative estimate of drug-likeness (QED) is 0.691. The molecule has 0 saturated carbocycles. The Morgan fingerprint density at radius 3 is 2.50 bits per heavy atom. The number of halogens is 2. The first-order valence-electron chi connectivity index (χ1n) is 9.46. The second-order valence-electron chi connectivity index (χ2n) is 7.54. The number of amides is 1. The smallest absolute Gasteiger partial charge is 0.251 e. The lowest BCUT2D eigenvalue weighted by Crippen LogP contribution is -2.32. The predicted octanol–water partition coefficient (Wildman–Crippen LogP) is 4.58. The van der Waals surface area contributed by atoms with E-state index in [1.165, 1.54) is 31.5 Å².